The summed E-state index contributed by atoms with van der Waals surface area (Å²) in [4.78, 5) is 0. The van der Waals surface area contributed by atoms with Crippen LogP contribution >= 0.6 is 0 Å². The van der Waals surface area contributed by atoms with E-state index in [9.17, 15) is 20.4 Å². The largest absolute Gasteiger partial charge is 4.00 e. The van der Waals surface area contributed by atoms with Crippen LogP contribution in [-0.4, -0.2) is 24.4 Å². The van der Waals surface area contributed by atoms with Gasteiger partial charge in [-0.3, -0.25) is 0 Å². The zero-order valence-corrected chi connectivity index (χ0v) is 13.8. The minimum atomic E-state index is -0.417. The van der Waals surface area contributed by atoms with Crippen LogP contribution in [-0.2, 0) is 18.6 Å². The van der Waals surface area contributed by atoms with E-state index in [1.54, 1.807) is 55.4 Å². The van der Waals surface area contributed by atoms with Gasteiger partial charge in [0.05, 0.1) is 0 Å². The first-order valence-corrected chi connectivity index (χ1v) is 5.56. The molecule has 0 bridgehead atoms. The zero-order valence-electron chi connectivity index (χ0n) is 12.4. The Bertz CT molecular complexity index is 61.5. The van der Waals surface area contributed by atoms with Crippen molar-refractivity contribution in [1.29, 1.82) is 0 Å². The van der Waals surface area contributed by atoms with Crippen LogP contribution in [0.3, 0.4) is 0 Å². The fourth-order valence-corrected chi connectivity index (χ4v) is 0. The van der Waals surface area contributed by atoms with Gasteiger partial charge in [0.25, 0.3) is 0 Å². The molecule has 105 valence electrons. The first-order valence-electron chi connectivity index (χ1n) is 5.56. The van der Waals surface area contributed by atoms with Gasteiger partial charge in [0, 0.05) is 0 Å². The molecular formula is C12H28O4V. The SMILES string of the molecule is CC(C)[O-].CC(C)[O-].CC(C)[O-].CC(C)[O-].[V+4]. The number of hydrogen-bond acceptors (Lipinski definition) is 4. The van der Waals surface area contributed by atoms with Crippen LogP contribution in [0.15, 0.2) is 0 Å². The van der Waals surface area contributed by atoms with E-state index in [0.29, 0.717) is 0 Å². The van der Waals surface area contributed by atoms with Crippen LogP contribution in [0.1, 0.15) is 55.4 Å². The second kappa shape index (κ2) is 25.3. The molecule has 1 radical (unpaired) electrons. The molecule has 5 heteroatoms. The molecule has 0 spiro atoms. The van der Waals surface area contributed by atoms with Gasteiger partial charge in [-0.15, -0.1) is 24.4 Å². The van der Waals surface area contributed by atoms with E-state index in [1.807, 2.05) is 0 Å². The third-order valence-corrected chi connectivity index (χ3v) is 0. The normalized spacial score (nSPS) is 8.47. The Morgan fingerprint density at radius 2 is 0.412 bits per heavy atom. The van der Waals surface area contributed by atoms with E-state index < -0.39 is 24.4 Å². The topological polar surface area (TPSA) is 92.2 Å². The first kappa shape index (κ1) is 30.4. The van der Waals surface area contributed by atoms with Gasteiger partial charge >= 0.3 is 18.6 Å². The van der Waals surface area contributed by atoms with Crippen LogP contribution in [0.4, 0.5) is 0 Å². The van der Waals surface area contributed by atoms with E-state index in [4.69, 9.17) is 0 Å². The van der Waals surface area contributed by atoms with E-state index in [0.717, 1.165) is 0 Å². The second-order valence-corrected chi connectivity index (χ2v) is 4.20. The summed E-state index contributed by atoms with van der Waals surface area (Å²) >= 11 is 0. The van der Waals surface area contributed by atoms with E-state index in [1.165, 1.54) is 0 Å². The average Bonchev–Trinajstić information content (AvgIpc) is 1.76. The van der Waals surface area contributed by atoms with Crippen molar-refractivity contribution in [3.05, 3.63) is 0 Å². The molecule has 0 fully saturated rings. The summed E-state index contributed by atoms with van der Waals surface area (Å²) in [6.07, 6.45) is -1.67. The first-order chi connectivity index (χ1) is 6.93. The molecule has 0 aromatic carbocycles. The molecule has 0 atom stereocenters. The maximum absolute atomic E-state index is 9.53. The zero-order chi connectivity index (χ0) is 14.3. The summed E-state index contributed by atoms with van der Waals surface area (Å²) in [7, 11) is 0. The predicted molar refractivity (Wildman–Crippen MR) is 60.5 cm³/mol. The van der Waals surface area contributed by atoms with Crippen molar-refractivity contribution in [2.75, 3.05) is 0 Å². The van der Waals surface area contributed by atoms with Crippen LogP contribution in [0, 0.1) is 0 Å². The van der Waals surface area contributed by atoms with E-state index >= 15 is 0 Å². The quantitative estimate of drug-likeness (QED) is 0.572. The van der Waals surface area contributed by atoms with Crippen molar-refractivity contribution in [2.24, 2.45) is 0 Å². The molecule has 0 heterocycles. The van der Waals surface area contributed by atoms with Gasteiger partial charge in [-0.05, 0) is 0 Å². The Labute approximate surface area is 119 Å². The molecule has 0 aliphatic heterocycles. The van der Waals surface area contributed by atoms with Crippen LogP contribution < -0.4 is 20.4 Å². The van der Waals surface area contributed by atoms with E-state index in [2.05, 4.69) is 0 Å². The maximum Gasteiger partial charge on any atom is 4.00 e. The molecule has 0 unspecified atom stereocenters. The van der Waals surface area contributed by atoms with Crippen molar-refractivity contribution in [3.8, 4) is 0 Å². The van der Waals surface area contributed by atoms with Gasteiger partial charge in [-0.25, -0.2) is 0 Å². The summed E-state index contributed by atoms with van der Waals surface area (Å²) in [5.41, 5.74) is 0. The minimum absolute atomic E-state index is 0. The Morgan fingerprint density at radius 1 is 0.412 bits per heavy atom. The van der Waals surface area contributed by atoms with Crippen molar-refractivity contribution in [1.82, 2.24) is 0 Å². The summed E-state index contributed by atoms with van der Waals surface area (Å²) in [5.74, 6) is 0. The predicted octanol–water partition coefficient (Wildman–Crippen LogP) is -0.982. The van der Waals surface area contributed by atoms with Crippen molar-refractivity contribution in [3.63, 3.8) is 0 Å². The average molecular weight is 287 g/mol. The van der Waals surface area contributed by atoms with Gasteiger partial charge in [0.2, 0.25) is 0 Å². The Morgan fingerprint density at radius 3 is 0.412 bits per heavy atom. The minimum Gasteiger partial charge on any atom is -0.852 e. The van der Waals surface area contributed by atoms with Gasteiger partial charge < -0.3 is 20.4 Å². The van der Waals surface area contributed by atoms with Crippen LogP contribution in [0.2, 0.25) is 0 Å². The maximum atomic E-state index is 9.53. The molecule has 17 heavy (non-hydrogen) atoms. The summed E-state index contributed by atoms with van der Waals surface area (Å²) < 4.78 is 0. The number of rotatable bonds is 0. The fourth-order valence-electron chi connectivity index (χ4n) is 0. The third kappa shape index (κ3) is 19000. The monoisotopic (exact) mass is 287 g/mol. The van der Waals surface area contributed by atoms with Crippen molar-refractivity contribution < 1.29 is 39.0 Å². The second-order valence-electron chi connectivity index (χ2n) is 4.20. The smallest absolute Gasteiger partial charge is 0.852 e. The molecule has 4 nitrogen and oxygen atoms in total. The van der Waals surface area contributed by atoms with Crippen molar-refractivity contribution in [2.45, 2.75) is 79.8 Å². The van der Waals surface area contributed by atoms with Crippen LogP contribution in [0.5, 0.6) is 0 Å². The molecule has 0 aliphatic rings. The molecule has 0 rings (SSSR count). The summed E-state index contributed by atoms with van der Waals surface area (Å²) in [5, 5.41) is 38.1. The summed E-state index contributed by atoms with van der Waals surface area (Å²) in [6.45, 7) is 12.9. The molecule has 0 aliphatic carbocycles. The van der Waals surface area contributed by atoms with Gasteiger partial charge in [-0.1, -0.05) is 55.4 Å². The van der Waals surface area contributed by atoms with Gasteiger partial charge in [0.1, 0.15) is 0 Å². The third-order valence-electron chi connectivity index (χ3n) is 0. The Balaban J connectivity index is -0.0000000369. The molecule has 0 aromatic heterocycles. The molecular weight excluding hydrogens is 259 g/mol. The Kier molecular flexibility index (Phi) is 45.3. The fraction of sp³-hybridized carbons (Fsp3) is 1.00. The van der Waals surface area contributed by atoms with Gasteiger partial charge in [-0.2, -0.15) is 0 Å². The molecule has 0 saturated heterocycles. The summed E-state index contributed by atoms with van der Waals surface area (Å²) in [6, 6.07) is 0. The van der Waals surface area contributed by atoms with Crippen LogP contribution in [0.25, 0.3) is 0 Å². The molecule has 0 amide bonds. The Hall–Kier alpha value is 0.424. The van der Waals surface area contributed by atoms with E-state index in [-0.39, 0.29) is 18.6 Å². The standard InChI is InChI=1S/4C3H7O.V/c4*1-3(2)4;/h4*3H,1-2H3;/q4*-1;+4. The number of hydrogen-bond donors (Lipinski definition) is 0. The van der Waals surface area contributed by atoms with Crippen molar-refractivity contribution >= 4 is 0 Å². The molecule has 0 N–H and O–H groups in total. The van der Waals surface area contributed by atoms with Gasteiger partial charge in [0.15, 0.2) is 0 Å². The molecule has 0 aromatic rings. The molecule has 0 saturated carbocycles.